The Balaban J connectivity index is 1.83. The molecule has 0 unspecified atom stereocenters. The van der Waals surface area contributed by atoms with E-state index >= 15 is 0 Å². The molecule has 0 aromatic heterocycles. The van der Waals surface area contributed by atoms with Gasteiger partial charge in [-0.15, -0.1) is 0 Å². The van der Waals surface area contributed by atoms with E-state index in [0.717, 1.165) is 32.5 Å². The van der Waals surface area contributed by atoms with Gasteiger partial charge in [0.1, 0.15) is 0 Å². The van der Waals surface area contributed by atoms with Crippen LogP contribution in [0.1, 0.15) is 26.2 Å². The van der Waals surface area contributed by atoms with E-state index in [9.17, 15) is 9.59 Å². The van der Waals surface area contributed by atoms with Crippen molar-refractivity contribution in [2.75, 3.05) is 32.7 Å². The first-order valence-corrected chi connectivity index (χ1v) is 6.39. The SMILES string of the molecule is CCCN1CCC(N2CC(=O)OC(=O)C2)CC1. The zero-order chi connectivity index (χ0) is 12.3. The van der Waals surface area contributed by atoms with E-state index in [0.29, 0.717) is 6.04 Å². The summed E-state index contributed by atoms with van der Waals surface area (Å²) in [6.07, 6.45) is 3.26. The fraction of sp³-hybridized carbons (Fsp3) is 0.833. The normalized spacial score (nSPS) is 25.0. The number of morpholine rings is 1. The van der Waals surface area contributed by atoms with Gasteiger partial charge in [-0.1, -0.05) is 6.92 Å². The second-order valence-corrected chi connectivity index (χ2v) is 4.82. The Labute approximate surface area is 102 Å². The minimum Gasteiger partial charge on any atom is -0.391 e. The minimum atomic E-state index is -0.405. The molecule has 2 rings (SSSR count). The Kier molecular flexibility index (Phi) is 4.12. The van der Waals surface area contributed by atoms with Crippen LogP contribution in [0.15, 0.2) is 0 Å². The van der Waals surface area contributed by atoms with E-state index in [-0.39, 0.29) is 13.1 Å². The van der Waals surface area contributed by atoms with Gasteiger partial charge >= 0.3 is 11.9 Å². The van der Waals surface area contributed by atoms with E-state index < -0.39 is 11.9 Å². The topological polar surface area (TPSA) is 49.9 Å². The molecule has 5 heteroatoms. The van der Waals surface area contributed by atoms with Crippen LogP contribution in [0.4, 0.5) is 0 Å². The molecule has 0 atom stereocenters. The van der Waals surface area contributed by atoms with E-state index in [2.05, 4.69) is 16.6 Å². The monoisotopic (exact) mass is 240 g/mol. The predicted octanol–water partition coefficient (Wildman–Crippen LogP) is 0.246. The van der Waals surface area contributed by atoms with Gasteiger partial charge in [-0.05, 0) is 38.9 Å². The number of carbonyl (C=O) groups excluding carboxylic acids is 2. The fourth-order valence-corrected chi connectivity index (χ4v) is 2.66. The zero-order valence-corrected chi connectivity index (χ0v) is 10.4. The highest BCUT2D eigenvalue weighted by molar-refractivity contribution is 5.90. The molecule has 5 nitrogen and oxygen atoms in total. The average molecular weight is 240 g/mol. The molecular formula is C12H20N2O3. The first-order valence-electron chi connectivity index (χ1n) is 6.39. The summed E-state index contributed by atoms with van der Waals surface area (Å²) >= 11 is 0. The third-order valence-electron chi connectivity index (χ3n) is 3.51. The lowest BCUT2D eigenvalue weighted by atomic mass is 10.0. The van der Waals surface area contributed by atoms with Crippen LogP contribution in [0.2, 0.25) is 0 Å². The number of rotatable bonds is 3. The Morgan fingerprint density at radius 2 is 1.76 bits per heavy atom. The zero-order valence-electron chi connectivity index (χ0n) is 10.4. The molecule has 2 aliphatic heterocycles. The number of esters is 2. The third kappa shape index (κ3) is 3.26. The summed E-state index contributed by atoms with van der Waals surface area (Å²) < 4.78 is 4.54. The number of cyclic esters (lactones) is 2. The van der Waals surface area contributed by atoms with Gasteiger partial charge in [0.15, 0.2) is 0 Å². The number of ether oxygens (including phenoxy) is 1. The molecule has 2 heterocycles. The summed E-state index contributed by atoms with van der Waals surface area (Å²) in [6, 6.07) is 0.361. The van der Waals surface area contributed by atoms with Crippen LogP contribution < -0.4 is 0 Å². The van der Waals surface area contributed by atoms with Crippen molar-refractivity contribution in [3.63, 3.8) is 0 Å². The van der Waals surface area contributed by atoms with Crippen LogP contribution in [0, 0.1) is 0 Å². The van der Waals surface area contributed by atoms with Gasteiger partial charge in [0.25, 0.3) is 0 Å². The number of likely N-dealkylation sites (tertiary alicyclic amines) is 1. The van der Waals surface area contributed by atoms with Gasteiger partial charge in [-0.3, -0.25) is 14.5 Å². The number of hydrogen-bond donors (Lipinski definition) is 0. The van der Waals surface area contributed by atoms with Gasteiger partial charge in [-0.2, -0.15) is 0 Å². The van der Waals surface area contributed by atoms with Gasteiger partial charge < -0.3 is 9.64 Å². The summed E-state index contributed by atoms with van der Waals surface area (Å²) in [6.45, 7) is 6.00. The molecule has 0 bridgehead atoms. The second kappa shape index (κ2) is 5.60. The Morgan fingerprint density at radius 3 is 2.29 bits per heavy atom. The summed E-state index contributed by atoms with van der Waals surface area (Å²) in [5, 5.41) is 0. The molecule has 0 saturated carbocycles. The predicted molar refractivity (Wildman–Crippen MR) is 62.4 cm³/mol. The van der Waals surface area contributed by atoms with E-state index in [1.807, 2.05) is 4.90 Å². The lowest BCUT2D eigenvalue weighted by Gasteiger charge is -2.38. The van der Waals surface area contributed by atoms with Gasteiger partial charge in [-0.25, -0.2) is 0 Å². The molecule has 2 aliphatic rings. The van der Waals surface area contributed by atoms with E-state index in [4.69, 9.17) is 0 Å². The molecule has 96 valence electrons. The van der Waals surface area contributed by atoms with Gasteiger partial charge in [0.2, 0.25) is 0 Å². The highest BCUT2D eigenvalue weighted by Crippen LogP contribution is 2.18. The number of nitrogens with zero attached hydrogens (tertiary/aromatic N) is 2. The van der Waals surface area contributed by atoms with Crippen molar-refractivity contribution < 1.29 is 14.3 Å². The summed E-state index contributed by atoms with van der Waals surface area (Å²) in [5.41, 5.74) is 0. The van der Waals surface area contributed by atoms with Crippen molar-refractivity contribution in [3.05, 3.63) is 0 Å². The quantitative estimate of drug-likeness (QED) is 0.522. The largest absolute Gasteiger partial charge is 0.391 e. The summed E-state index contributed by atoms with van der Waals surface area (Å²) in [4.78, 5) is 26.8. The maximum atomic E-state index is 11.2. The number of hydrogen-bond acceptors (Lipinski definition) is 5. The third-order valence-corrected chi connectivity index (χ3v) is 3.51. The molecule has 0 aliphatic carbocycles. The number of piperidine rings is 1. The first-order chi connectivity index (χ1) is 8.19. The maximum Gasteiger partial charge on any atom is 0.327 e. The molecule has 0 N–H and O–H groups in total. The molecule has 2 fully saturated rings. The van der Waals surface area contributed by atoms with Crippen molar-refractivity contribution >= 4 is 11.9 Å². The molecular weight excluding hydrogens is 220 g/mol. The van der Waals surface area contributed by atoms with Crippen molar-refractivity contribution in [2.45, 2.75) is 32.2 Å². The molecule has 17 heavy (non-hydrogen) atoms. The van der Waals surface area contributed by atoms with E-state index in [1.54, 1.807) is 0 Å². The molecule has 0 spiro atoms. The van der Waals surface area contributed by atoms with Crippen LogP contribution in [0.3, 0.4) is 0 Å². The van der Waals surface area contributed by atoms with Crippen molar-refractivity contribution in [3.8, 4) is 0 Å². The van der Waals surface area contributed by atoms with Gasteiger partial charge in [0, 0.05) is 6.04 Å². The summed E-state index contributed by atoms with van der Waals surface area (Å²) in [7, 11) is 0. The van der Waals surface area contributed by atoms with Crippen LogP contribution in [0.5, 0.6) is 0 Å². The van der Waals surface area contributed by atoms with E-state index in [1.165, 1.54) is 6.42 Å². The lowest BCUT2D eigenvalue weighted by molar-refractivity contribution is -0.168. The van der Waals surface area contributed by atoms with Crippen LogP contribution in [-0.2, 0) is 14.3 Å². The first kappa shape index (κ1) is 12.5. The van der Waals surface area contributed by atoms with Crippen LogP contribution >= 0.6 is 0 Å². The lowest BCUT2D eigenvalue weighted by Crippen LogP contribution is -2.51. The van der Waals surface area contributed by atoms with Crippen molar-refractivity contribution in [2.24, 2.45) is 0 Å². The minimum absolute atomic E-state index is 0.268. The molecule has 0 aromatic rings. The number of carbonyl (C=O) groups is 2. The molecule has 0 aromatic carbocycles. The molecule has 0 radical (unpaired) electrons. The Hall–Kier alpha value is -0.940. The average Bonchev–Trinajstić information content (AvgIpc) is 2.29. The highest BCUT2D eigenvalue weighted by Gasteiger charge is 2.31. The van der Waals surface area contributed by atoms with Crippen LogP contribution in [-0.4, -0.2) is 60.5 Å². The summed E-state index contributed by atoms with van der Waals surface area (Å²) in [5.74, 6) is -0.811. The van der Waals surface area contributed by atoms with Crippen molar-refractivity contribution in [1.29, 1.82) is 0 Å². The maximum absolute atomic E-state index is 11.2. The Morgan fingerprint density at radius 1 is 1.18 bits per heavy atom. The fourth-order valence-electron chi connectivity index (χ4n) is 2.66. The Bertz CT molecular complexity index is 282. The standard InChI is InChI=1S/C12H20N2O3/c1-2-5-13-6-3-10(4-7-13)14-8-11(15)17-12(16)9-14/h10H,2-9H2,1H3. The molecule has 2 saturated heterocycles. The van der Waals surface area contributed by atoms with Crippen molar-refractivity contribution in [1.82, 2.24) is 9.80 Å². The second-order valence-electron chi connectivity index (χ2n) is 4.82. The van der Waals surface area contributed by atoms with Crippen LogP contribution in [0.25, 0.3) is 0 Å². The molecule has 0 amide bonds. The van der Waals surface area contributed by atoms with Gasteiger partial charge in [0.05, 0.1) is 13.1 Å². The highest BCUT2D eigenvalue weighted by atomic mass is 16.6. The smallest absolute Gasteiger partial charge is 0.327 e.